The van der Waals surface area contributed by atoms with Crippen LogP contribution in [-0.2, 0) is 15.0 Å². The van der Waals surface area contributed by atoms with Crippen LogP contribution in [-0.4, -0.2) is 11.8 Å². The minimum Gasteiger partial charge on any atom is -0.274 e. The molecule has 1 heterocycles. The Hall–Kier alpha value is -4.22. The monoisotopic (exact) mass is 431 g/mol. The number of aryl methyl sites for hydroxylation is 2. The second-order valence-electron chi connectivity index (χ2n) is 9.15. The number of rotatable bonds is 3. The zero-order chi connectivity index (χ0) is 23.5. The van der Waals surface area contributed by atoms with Crippen LogP contribution in [0.4, 0.5) is 5.69 Å². The Bertz CT molecular complexity index is 1330. The molecule has 2 atom stereocenters. The molecule has 160 valence electrons. The van der Waals surface area contributed by atoms with E-state index in [0.29, 0.717) is 16.8 Å². The summed E-state index contributed by atoms with van der Waals surface area (Å²) in [6.07, 6.45) is 0. The fraction of sp³-hybridized carbons (Fsp3) is 0.214. The van der Waals surface area contributed by atoms with Crippen LogP contribution in [0.15, 0.2) is 66.7 Å². The molecule has 5 nitrogen and oxygen atoms in total. The highest BCUT2D eigenvalue weighted by Gasteiger charge is 2.86. The number of hydrogen-bond acceptors (Lipinski definition) is 4. The number of carbonyl (C=O) groups is 2. The Morgan fingerprint density at radius 2 is 1.24 bits per heavy atom. The molecule has 3 aromatic rings. The number of amides is 2. The van der Waals surface area contributed by atoms with E-state index in [4.69, 9.17) is 0 Å². The molecule has 0 aromatic heterocycles. The molecule has 0 unspecified atom stereocenters. The topological polar surface area (TPSA) is 85.0 Å². The first kappa shape index (κ1) is 20.7. The summed E-state index contributed by atoms with van der Waals surface area (Å²) < 4.78 is 0. The third-order valence-electron chi connectivity index (χ3n) is 7.26. The van der Waals surface area contributed by atoms with Gasteiger partial charge in [-0.1, -0.05) is 30.3 Å². The SMILES string of the molecule is Cc1cc(C)cc(N2C(=O)[C@H]3C(c4ccc(C#N)cc4)(c4ccc(C#N)cc4)[C@@]3(C)C2=O)c1. The second kappa shape index (κ2) is 6.89. The first-order valence-electron chi connectivity index (χ1n) is 10.8. The molecule has 0 radical (unpaired) electrons. The quantitative estimate of drug-likeness (QED) is 0.570. The van der Waals surface area contributed by atoms with E-state index in [2.05, 4.69) is 12.1 Å². The maximum Gasteiger partial charge on any atom is 0.241 e. The molecule has 3 aromatic carbocycles. The molecule has 2 amide bonds. The summed E-state index contributed by atoms with van der Waals surface area (Å²) in [6.45, 7) is 5.75. The van der Waals surface area contributed by atoms with E-state index in [1.165, 1.54) is 4.90 Å². The number of piperidine rings is 1. The van der Waals surface area contributed by atoms with E-state index in [-0.39, 0.29) is 11.8 Å². The van der Waals surface area contributed by atoms with E-state index in [1.807, 2.05) is 63.2 Å². The van der Waals surface area contributed by atoms with Gasteiger partial charge < -0.3 is 0 Å². The van der Waals surface area contributed by atoms with E-state index in [1.54, 1.807) is 24.3 Å². The van der Waals surface area contributed by atoms with Crippen molar-refractivity contribution in [3.05, 3.63) is 100 Å². The van der Waals surface area contributed by atoms with Gasteiger partial charge in [0.1, 0.15) is 0 Å². The molecule has 1 saturated carbocycles. The van der Waals surface area contributed by atoms with Crippen molar-refractivity contribution in [3.63, 3.8) is 0 Å². The number of hydrogen-bond donors (Lipinski definition) is 0. The van der Waals surface area contributed by atoms with E-state index >= 15 is 0 Å². The standard InChI is InChI=1S/C28H21N3O2/c1-17-12-18(2)14-23(13-17)31-25(32)24-27(3,26(31)33)28(24,21-8-4-19(15-29)5-9-21)22-10-6-20(16-30)7-11-22/h4-14,24H,1-3H3/t24-,27-/m1/s1. The summed E-state index contributed by atoms with van der Waals surface area (Å²) in [6, 6.07) is 24.2. The molecule has 0 spiro atoms. The van der Waals surface area contributed by atoms with Crippen LogP contribution in [0.3, 0.4) is 0 Å². The second-order valence-corrected chi connectivity index (χ2v) is 9.15. The van der Waals surface area contributed by atoms with Crippen molar-refractivity contribution in [2.75, 3.05) is 4.90 Å². The van der Waals surface area contributed by atoms with Gasteiger partial charge in [-0.2, -0.15) is 10.5 Å². The number of carbonyl (C=O) groups excluding carboxylic acids is 2. The number of imide groups is 1. The highest BCUT2D eigenvalue weighted by molar-refractivity contribution is 6.29. The molecule has 2 fully saturated rings. The first-order chi connectivity index (χ1) is 15.8. The Kier molecular flexibility index (Phi) is 4.31. The van der Waals surface area contributed by atoms with E-state index in [0.717, 1.165) is 22.3 Å². The van der Waals surface area contributed by atoms with Gasteiger partial charge in [-0.15, -0.1) is 0 Å². The number of fused-ring (bicyclic) bond motifs is 1. The fourth-order valence-electron chi connectivity index (χ4n) is 5.84. The minimum atomic E-state index is -0.968. The smallest absolute Gasteiger partial charge is 0.241 e. The Balaban J connectivity index is 1.68. The molecule has 1 aliphatic heterocycles. The molecular formula is C28H21N3O2. The maximum absolute atomic E-state index is 13.9. The highest BCUT2D eigenvalue weighted by atomic mass is 16.2. The van der Waals surface area contributed by atoms with Crippen LogP contribution >= 0.6 is 0 Å². The maximum atomic E-state index is 13.9. The average Bonchev–Trinajstić information content (AvgIpc) is 3.33. The van der Waals surface area contributed by atoms with Crippen molar-refractivity contribution in [3.8, 4) is 12.1 Å². The minimum absolute atomic E-state index is 0.221. The third kappa shape index (κ3) is 2.57. The predicted molar refractivity (Wildman–Crippen MR) is 123 cm³/mol. The third-order valence-corrected chi connectivity index (χ3v) is 7.26. The van der Waals surface area contributed by atoms with Crippen LogP contribution in [0, 0.1) is 47.8 Å². The van der Waals surface area contributed by atoms with E-state index in [9.17, 15) is 20.1 Å². The number of anilines is 1. The van der Waals surface area contributed by atoms with Crippen molar-refractivity contribution >= 4 is 17.5 Å². The number of nitriles is 2. The van der Waals surface area contributed by atoms with Gasteiger partial charge in [0.25, 0.3) is 0 Å². The fourth-order valence-corrected chi connectivity index (χ4v) is 5.84. The zero-order valence-corrected chi connectivity index (χ0v) is 18.6. The molecule has 0 N–H and O–H groups in total. The summed E-state index contributed by atoms with van der Waals surface area (Å²) in [4.78, 5) is 29.0. The van der Waals surface area contributed by atoms with Crippen molar-refractivity contribution in [2.45, 2.75) is 26.2 Å². The molecule has 0 bridgehead atoms. The summed E-state index contributed by atoms with van der Waals surface area (Å²) in [5.41, 5.74) is 3.43. The van der Waals surface area contributed by atoms with Crippen molar-refractivity contribution < 1.29 is 9.59 Å². The van der Waals surface area contributed by atoms with Crippen LogP contribution < -0.4 is 4.90 Å². The molecule has 1 saturated heterocycles. The van der Waals surface area contributed by atoms with Crippen molar-refractivity contribution in [2.24, 2.45) is 11.3 Å². The molecule has 1 aliphatic carbocycles. The van der Waals surface area contributed by atoms with Gasteiger partial charge in [0.2, 0.25) is 11.8 Å². The predicted octanol–water partition coefficient (Wildman–Crippen LogP) is 4.54. The lowest BCUT2D eigenvalue weighted by Crippen LogP contribution is -2.42. The average molecular weight is 431 g/mol. The van der Waals surface area contributed by atoms with Crippen LogP contribution in [0.2, 0.25) is 0 Å². The Morgan fingerprint density at radius 3 is 1.61 bits per heavy atom. The molecular weight excluding hydrogens is 410 g/mol. The number of nitrogens with zero attached hydrogens (tertiary/aromatic N) is 3. The van der Waals surface area contributed by atoms with Gasteiger partial charge in [0.15, 0.2) is 0 Å². The summed E-state index contributed by atoms with van der Waals surface area (Å²) in [7, 11) is 0. The molecule has 5 heteroatoms. The van der Waals surface area contributed by atoms with Gasteiger partial charge in [0.05, 0.1) is 40.3 Å². The summed E-state index contributed by atoms with van der Waals surface area (Å²) >= 11 is 0. The van der Waals surface area contributed by atoms with Crippen molar-refractivity contribution in [1.82, 2.24) is 0 Å². The van der Waals surface area contributed by atoms with Crippen LogP contribution in [0.25, 0.3) is 0 Å². The lowest BCUT2D eigenvalue weighted by atomic mass is 9.78. The largest absolute Gasteiger partial charge is 0.274 e. The summed E-state index contributed by atoms with van der Waals surface area (Å²) in [5, 5.41) is 18.5. The lowest BCUT2D eigenvalue weighted by molar-refractivity contribution is -0.125. The highest BCUT2D eigenvalue weighted by Crippen LogP contribution is 2.76. The van der Waals surface area contributed by atoms with Gasteiger partial charge in [-0.3, -0.25) is 9.59 Å². The molecule has 5 rings (SSSR count). The van der Waals surface area contributed by atoms with Gasteiger partial charge >= 0.3 is 0 Å². The van der Waals surface area contributed by atoms with E-state index < -0.39 is 16.7 Å². The zero-order valence-electron chi connectivity index (χ0n) is 18.6. The Morgan fingerprint density at radius 1 is 0.788 bits per heavy atom. The summed E-state index contributed by atoms with van der Waals surface area (Å²) in [5.74, 6) is -1.02. The van der Waals surface area contributed by atoms with Gasteiger partial charge in [-0.25, -0.2) is 4.90 Å². The normalized spacial score (nSPS) is 22.5. The van der Waals surface area contributed by atoms with Crippen LogP contribution in [0.1, 0.15) is 40.3 Å². The van der Waals surface area contributed by atoms with Crippen molar-refractivity contribution in [1.29, 1.82) is 10.5 Å². The van der Waals surface area contributed by atoms with Gasteiger partial charge in [0, 0.05) is 5.41 Å². The van der Waals surface area contributed by atoms with Gasteiger partial charge in [-0.05, 0) is 79.4 Å². The molecule has 33 heavy (non-hydrogen) atoms. The van der Waals surface area contributed by atoms with Crippen LogP contribution in [0.5, 0.6) is 0 Å². The first-order valence-corrected chi connectivity index (χ1v) is 10.8. The molecule has 2 aliphatic rings. The Labute approximate surface area is 192 Å². The number of benzene rings is 3. The lowest BCUT2D eigenvalue weighted by Gasteiger charge is -2.30.